The van der Waals surface area contributed by atoms with Gasteiger partial charge in [0.1, 0.15) is 0 Å². The van der Waals surface area contributed by atoms with Gasteiger partial charge in [-0.1, -0.05) is 11.6 Å². The van der Waals surface area contributed by atoms with Crippen LogP contribution in [-0.4, -0.2) is 23.8 Å². The first-order valence-corrected chi connectivity index (χ1v) is 5.46. The van der Waals surface area contributed by atoms with Gasteiger partial charge in [0, 0.05) is 24.5 Å². The maximum absolute atomic E-state index is 12.5. The van der Waals surface area contributed by atoms with E-state index in [2.05, 4.69) is 5.32 Å². The highest BCUT2D eigenvalue weighted by Crippen LogP contribution is 2.33. The van der Waals surface area contributed by atoms with Crippen molar-refractivity contribution in [3.05, 3.63) is 34.3 Å². The Morgan fingerprint density at radius 1 is 1.29 bits per heavy atom. The normalized spacial score (nSPS) is 18.9. The maximum atomic E-state index is 12.5. The van der Waals surface area contributed by atoms with Crippen molar-refractivity contribution in [3.63, 3.8) is 0 Å². The third-order valence-electron chi connectivity index (χ3n) is 2.73. The molecule has 0 aromatic heterocycles. The summed E-state index contributed by atoms with van der Waals surface area (Å²) in [6.07, 6.45) is -4.25. The molecule has 0 aliphatic carbocycles. The van der Waals surface area contributed by atoms with Gasteiger partial charge < -0.3 is 10.4 Å². The first-order valence-electron chi connectivity index (χ1n) is 5.08. The predicted octanol–water partition coefficient (Wildman–Crippen LogP) is 2.24. The minimum atomic E-state index is -4.42. The lowest BCUT2D eigenvalue weighted by Crippen LogP contribution is -2.60. The number of hydrogen-bond acceptors (Lipinski definition) is 2. The molecular formula is C11H11ClF3NO. The highest BCUT2D eigenvalue weighted by atomic mass is 35.5. The molecule has 2 rings (SSSR count). The van der Waals surface area contributed by atoms with Crippen LogP contribution in [0.4, 0.5) is 13.2 Å². The fourth-order valence-electron chi connectivity index (χ4n) is 1.83. The number of rotatable bonds is 2. The van der Waals surface area contributed by atoms with Gasteiger partial charge in [-0.05, 0) is 23.8 Å². The molecule has 0 atom stereocenters. The summed E-state index contributed by atoms with van der Waals surface area (Å²) < 4.78 is 37.6. The Morgan fingerprint density at radius 3 is 2.41 bits per heavy atom. The zero-order valence-corrected chi connectivity index (χ0v) is 9.57. The van der Waals surface area contributed by atoms with Crippen molar-refractivity contribution in [2.75, 3.05) is 13.1 Å². The molecule has 0 unspecified atom stereocenters. The number of benzene rings is 1. The predicted molar refractivity (Wildman–Crippen MR) is 58.0 cm³/mol. The zero-order chi connectivity index (χ0) is 12.7. The number of nitrogens with one attached hydrogen (secondary N) is 1. The summed E-state index contributed by atoms with van der Waals surface area (Å²) in [4.78, 5) is 0. The van der Waals surface area contributed by atoms with Crippen LogP contribution in [0, 0.1) is 0 Å². The molecule has 1 fully saturated rings. The fraction of sp³-hybridized carbons (Fsp3) is 0.455. The lowest BCUT2D eigenvalue weighted by molar-refractivity contribution is -0.137. The van der Waals surface area contributed by atoms with Gasteiger partial charge in [-0.15, -0.1) is 0 Å². The van der Waals surface area contributed by atoms with Crippen LogP contribution < -0.4 is 5.32 Å². The average Bonchev–Trinajstić information content (AvgIpc) is 2.13. The van der Waals surface area contributed by atoms with Gasteiger partial charge in [0.05, 0.1) is 11.2 Å². The molecule has 1 heterocycles. The topological polar surface area (TPSA) is 32.3 Å². The lowest BCUT2D eigenvalue weighted by atomic mass is 9.88. The number of aliphatic hydroxyl groups is 1. The Balaban J connectivity index is 2.25. The SMILES string of the molecule is OC1(Cc2cc(Cl)cc(C(F)(F)F)c2)CNC1. The minimum absolute atomic E-state index is 0.0331. The maximum Gasteiger partial charge on any atom is 0.416 e. The van der Waals surface area contributed by atoms with E-state index >= 15 is 0 Å². The standard InChI is InChI=1S/C11H11ClF3NO/c12-9-2-7(4-10(17)5-16-6-10)1-8(3-9)11(13,14)15/h1-3,16-17H,4-6H2. The van der Waals surface area contributed by atoms with E-state index < -0.39 is 17.3 Å². The van der Waals surface area contributed by atoms with Crippen molar-refractivity contribution in [1.29, 1.82) is 0 Å². The van der Waals surface area contributed by atoms with Crippen LogP contribution in [-0.2, 0) is 12.6 Å². The smallest absolute Gasteiger partial charge is 0.387 e. The molecule has 0 saturated carbocycles. The largest absolute Gasteiger partial charge is 0.416 e. The molecule has 2 N–H and O–H groups in total. The third-order valence-corrected chi connectivity index (χ3v) is 2.94. The molecular weight excluding hydrogens is 255 g/mol. The van der Waals surface area contributed by atoms with Crippen molar-refractivity contribution in [2.24, 2.45) is 0 Å². The Kier molecular flexibility index (Phi) is 3.10. The first kappa shape index (κ1) is 12.7. The van der Waals surface area contributed by atoms with Gasteiger partial charge in [0.2, 0.25) is 0 Å². The van der Waals surface area contributed by atoms with Crippen LogP contribution in [0.2, 0.25) is 5.02 Å². The molecule has 6 heteroatoms. The molecule has 1 aliphatic heterocycles. The van der Waals surface area contributed by atoms with E-state index in [0.29, 0.717) is 18.7 Å². The number of β-amino-alcohol motifs (C(OH)–C–C–N with tert-alkyl or cyclic N) is 1. The molecule has 0 radical (unpaired) electrons. The van der Waals surface area contributed by atoms with Crippen LogP contribution in [0.25, 0.3) is 0 Å². The molecule has 0 bridgehead atoms. The Morgan fingerprint density at radius 2 is 1.94 bits per heavy atom. The Bertz CT molecular complexity index is 429. The second kappa shape index (κ2) is 4.15. The molecule has 1 aromatic carbocycles. The summed E-state index contributed by atoms with van der Waals surface area (Å²) in [5, 5.41) is 12.8. The van der Waals surface area contributed by atoms with Crippen molar-refractivity contribution in [1.82, 2.24) is 5.32 Å². The van der Waals surface area contributed by atoms with E-state index in [-0.39, 0.29) is 11.4 Å². The summed E-state index contributed by atoms with van der Waals surface area (Å²) in [5.41, 5.74) is -1.34. The Labute approximate surface area is 101 Å². The lowest BCUT2D eigenvalue weighted by Gasteiger charge is -2.37. The number of halogens is 4. The van der Waals surface area contributed by atoms with Gasteiger partial charge in [-0.25, -0.2) is 0 Å². The van der Waals surface area contributed by atoms with E-state index in [0.717, 1.165) is 12.1 Å². The minimum Gasteiger partial charge on any atom is -0.387 e. The second-order valence-corrected chi connectivity index (χ2v) is 4.79. The van der Waals surface area contributed by atoms with Crippen molar-refractivity contribution < 1.29 is 18.3 Å². The molecule has 0 spiro atoms. The summed E-state index contributed by atoms with van der Waals surface area (Å²) >= 11 is 5.65. The number of alkyl halides is 3. The van der Waals surface area contributed by atoms with E-state index in [4.69, 9.17) is 11.6 Å². The zero-order valence-electron chi connectivity index (χ0n) is 8.81. The van der Waals surface area contributed by atoms with E-state index in [9.17, 15) is 18.3 Å². The molecule has 1 aliphatic rings. The van der Waals surface area contributed by atoms with Gasteiger partial charge >= 0.3 is 6.18 Å². The number of hydrogen-bond donors (Lipinski definition) is 2. The van der Waals surface area contributed by atoms with Crippen LogP contribution in [0.15, 0.2) is 18.2 Å². The Hall–Kier alpha value is -0.780. The van der Waals surface area contributed by atoms with Crippen molar-refractivity contribution in [3.8, 4) is 0 Å². The third kappa shape index (κ3) is 2.91. The van der Waals surface area contributed by atoms with Gasteiger partial charge in [0.15, 0.2) is 0 Å². The van der Waals surface area contributed by atoms with Crippen molar-refractivity contribution in [2.45, 2.75) is 18.2 Å². The van der Waals surface area contributed by atoms with E-state index in [1.165, 1.54) is 6.07 Å². The summed E-state index contributed by atoms with van der Waals surface area (Å²) in [6.45, 7) is 0.779. The first-order chi connectivity index (χ1) is 7.78. The average molecular weight is 266 g/mol. The quantitative estimate of drug-likeness (QED) is 0.860. The van der Waals surface area contributed by atoms with Gasteiger partial charge in [-0.3, -0.25) is 0 Å². The fourth-order valence-corrected chi connectivity index (χ4v) is 2.09. The van der Waals surface area contributed by atoms with Crippen molar-refractivity contribution >= 4 is 11.6 Å². The molecule has 1 aromatic rings. The molecule has 94 valence electrons. The van der Waals surface area contributed by atoms with E-state index in [1.54, 1.807) is 0 Å². The molecule has 17 heavy (non-hydrogen) atoms. The summed E-state index contributed by atoms with van der Waals surface area (Å²) in [5.74, 6) is 0. The van der Waals surface area contributed by atoms with Gasteiger partial charge in [-0.2, -0.15) is 13.2 Å². The second-order valence-electron chi connectivity index (χ2n) is 4.35. The van der Waals surface area contributed by atoms with Crippen LogP contribution >= 0.6 is 11.6 Å². The summed E-state index contributed by atoms with van der Waals surface area (Å²) in [6, 6.07) is 3.36. The highest BCUT2D eigenvalue weighted by molar-refractivity contribution is 6.30. The van der Waals surface area contributed by atoms with Gasteiger partial charge in [0.25, 0.3) is 0 Å². The van der Waals surface area contributed by atoms with Crippen LogP contribution in [0.5, 0.6) is 0 Å². The monoisotopic (exact) mass is 265 g/mol. The van der Waals surface area contributed by atoms with Crippen LogP contribution in [0.1, 0.15) is 11.1 Å². The highest BCUT2D eigenvalue weighted by Gasteiger charge is 2.36. The summed E-state index contributed by atoms with van der Waals surface area (Å²) in [7, 11) is 0. The molecule has 2 nitrogen and oxygen atoms in total. The molecule has 1 saturated heterocycles. The van der Waals surface area contributed by atoms with E-state index in [1.807, 2.05) is 0 Å². The molecule has 0 amide bonds. The van der Waals surface area contributed by atoms with Crippen LogP contribution in [0.3, 0.4) is 0 Å².